The molecule has 1 fully saturated rings. The molecule has 0 aliphatic carbocycles. The number of pyridine rings is 1. The normalized spacial score (nSPS) is 16.9. The van der Waals surface area contributed by atoms with Crippen molar-refractivity contribution in [2.24, 2.45) is 5.73 Å². The number of nitrogens with zero attached hydrogens (tertiary/aromatic N) is 3. The molecular weight excluding hydrogens is 260 g/mol. The maximum Gasteiger partial charge on any atom is 0.128 e. The molecule has 4 nitrogen and oxygen atoms in total. The van der Waals surface area contributed by atoms with Crippen LogP contribution in [0.5, 0.6) is 0 Å². The van der Waals surface area contributed by atoms with Crippen LogP contribution in [0.25, 0.3) is 0 Å². The van der Waals surface area contributed by atoms with Crippen molar-refractivity contribution in [3.8, 4) is 0 Å². The molecule has 0 bridgehead atoms. The minimum atomic E-state index is 0.0531. The van der Waals surface area contributed by atoms with Gasteiger partial charge in [0.25, 0.3) is 0 Å². The number of piperazine rings is 1. The second kappa shape index (κ2) is 6.14. The molecule has 2 heterocycles. The average molecular weight is 282 g/mol. The molecule has 2 N–H and O–H groups in total. The molecule has 0 radical (unpaired) electrons. The number of aromatic nitrogens is 1. The van der Waals surface area contributed by atoms with Gasteiger partial charge >= 0.3 is 0 Å². The lowest BCUT2D eigenvalue weighted by Crippen LogP contribution is -2.46. The summed E-state index contributed by atoms with van der Waals surface area (Å²) in [5, 5.41) is 0. The number of nitrogens with two attached hydrogens (primary N) is 1. The van der Waals surface area contributed by atoms with Crippen LogP contribution in [0.2, 0.25) is 0 Å². The van der Waals surface area contributed by atoms with Gasteiger partial charge in [-0.1, -0.05) is 18.2 Å². The highest BCUT2D eigenvalue weighted by atomic mass is 15.3. The third kappa shape index (κ3) is 3.16. The Morgan fingerprint density at radius 2 is 1.67 bits per heavy atom. The van der Waals surface area contributed by atoms with Gasteiger partial charge in [0.15, 0.2) is 0 Å². The van der Waals surface area contributed by atoms with Crippen LogP contribution in [0.3, 0.4) is 0 Å². The molecular formula is C17H22N4. The number of para-hydroxylation sites is 1. The summed E-state index contributed by atoms with van der Waals surface area (Å²) in [6.07, 6.45) is 1.86. The minimum absolute atomic E-state index is 0.0531. The molecule has 1 atom stereocenters. The van der Waals surface area contributed by atoms with E-state index in [0.29, 0.717) is 0 Å². The van der Waals surface area contributed by atoms with E-state index in [1.807, 2.05) is 19.2 Å². The summed E-state index contributed by atoms with van der Waals surface area (Å²) in [6, 6.07) is 14.7. The van der Waals surface area contributed by atoms with Crippen molar-refractivity contribution in [1.82, 2.24) is 4.98 Å². The van der Waals surface area contributed by atoms with E-state index in [9.17, 15) is 0 Å². The largest absolute Gasteiger partial charge is 0.368 e. The molecule has 0 spiro atoms. The molecule has 1 saturated heterocycles. The van der Waals surface area contributed by atoms with Gasteiger partial charge in [0, 0.05) is 44.1 Å². The first kappa shape index (κ1) is 13.9. The van der Waals surface area contributed by atoms with E-state index in [4.69, 9.17) is 5.73 Å². The molecule has 110 valence electrons. The highest BCUT2D eigenvalue weighted by Crippen LogP contribution is 2.20. The number of hydrogen-bond acceptors (Lipinski definition) is 4. The molecule has 1 aromatic carbocycles. The third-order valence-electron chi connectivity index (χ3n) is 4.02. The quantitative estimate of drug-likeness (QED) is 0.939. The topological polar surface area (TPSA) is 45.4 Å². The van der Waals surface area contributed by atoms with E-state index < -0.39 is 0 Å². The van der Waals surface area contributed by atoms with Crippen molar-refractivity contribution in [2.45, 2.75) is 13.0 Å². The Bertz CT molecular complexity index is 574. The van der Waals surface area contributed by atoms with Gasteiger partial charge in [-0.2, -0.15) is 0 Å². The highest BCUT2D eigenvalue weighted by molar-refractivity contribution is 5.49. The summed E-state index contributed by atoms with van der Waals surface area (Å²) in [5.74, 6) is 1.04. The van der Waals surface area contributed by atoms with E-state index in [0.717, 1.165) is 37.6 Å². The second-order valence-corrected chi connectivity index (χ2v) is 5.55. The Morgan fingerprint density at radius 3 is 2.33 bits per heavy atom. The Balaban J connectivity index is 1.67. The van der Waals surface area contributed by atoms with Gasteiger partial charge in [-0.15, -0.1) is 0 Å². The standard InChI is InChI=1S/C17H22N4/c1-14(18)15-7-8-19-17(13-15)21-11-9-20(10-12-21)16-5-3-2-4-6-16/h2-8,13-14H,9-12,18H2,1H3/t14-/m0/s1. The minimum Gasteiger partial charge on any atom is -0.368 e. The first-order chi connectivity index (χ1) is 10.2. The van der Waals surface area contributed by atoms with Crippen LogP contribution in [0.15, 0.2) is 48.7 Å². The molecule has 21 heavy (non-hydrogen) atoms. The summed E-state index contributed by atoms with van der Waals surface area (Å²) in [7, 11) is 0. The van der Waals surface area contributed by atoms with Crippen molar-refractivity contribution < 1.29 is 0 Å². The molecule has 2 aromatic rings. The summed E-state index contributed by atoms with van der Waals surface area (Å²) in [6.45, 7) is 6.03. The predicted molar refractivity (Wildman–Crippen MR) is 87.7 cm³/mol. The van der Waals surface area contributed by atoms with Crippen LogP contribution in [0.4, 0.5) is 11.5 Å². The Labute approximate surface area is 126 Å². The van der Waals surface area contributed by atoms with Crippen molar-refractivity contribution >= 4 is 11.5 Å². The maximum absolute atomic E-state index is 5.96. The lowest BCUT2D eigenvalue weighted by atomic mass is 10.1. The van der Waals surface area contributed by atoms with Gasteiger partial charge in [-0.3, -0.25) is 0 Å². The molecule has 1 aliphatic heterocycles. The van der Waals surface area contributed by atoms with E-state index in [-0.39, 0.29) is 6.04 Å². The Kier molecular flexibility index (Phi) is 4.06. The van der Waals surface area contributed by atoms with Crippen molar-refractivity contribution in [3.63, 3.8) is 0 Å². The molecule has 1 aromatic heterocycles. The fourth-order valence-electron chi connectivity index (χ4n) is 2.72. The fraction of sp³-hybridized carbons (Fsp3) is 0.353. The van der Waals surface area contributed by atoms with E-state index >= 15 is 0 Å². The van der Waals surface area contributed by atoms with Gasteiger partial charge < -0.3 is 15.5 Å². The molecule has 0 saturated carbocycles. The lowest BCUT2D eigenvalue weighted by Gasteiger charge is -2.36. The van der Waals surface area contributed by atoms with Crippen LogP contribution < -0.4 is 15.5 Å². The van der Waals surface area contributed by atoms with Crippen molar-refractivity contribution in [3.05, 3.63) is 54.2 Å². The molecule has 0 unspecified atom stereocenters. The summed E-state index contributed by atoms with van der Waals surface area (Å²) in [5.41, 5.74) is 8.40. The maximum atomic E-state index is 5.96. The lowest BCUT2D eigenvalue weighted by molar-refractivity contribution is 0.646. The first-order valence-corrected chi connectivity index (χ1v) is 7.50. The van der Waals surface area contributed by atoms with Gasteiger partial charge in [0.1, 0.15) is 5.82 Å². The zero-order valence-corrected chi connectivity index (χ0v) is 12.4. The monoisotopic (exact) mass is 282 g/mol. The van der Waals surface area contributed by atoms with Crippen molar-refractivity contribution in [1.29, 1.82) is 0 Å². The second-order valence-electron chi connectivity index (χ2n) is 5.55. The van der Waals surface area contributed by atoms with Crippen LogP contribution in [0, 0.1) is 0 Å². The zero-order chi connectivity index (χ0) is 14.7. The molecule has 3 rings (SSSR count). The van der Waals surface area contributed by atoms with Gasteiger partial charge in [0.2, 0.25) is 0 Å². The number of rotatable bonds is 3. The van der Waals surface area contributed by atoms with Crippen LogP contribution in [0.1, 0.15) is 18.5 Å². The van der Waals surface area contributed by atoms with Crippen molar-refractivity contribution in [2.75, 3.05) is 36.0 Å². The summed E-state index contributed by atoms with van der Waals surface area (Å²) < 4.78 is 0. The number of anilines is 2. The Hall–Kier alpha value is -2.07. The first-order valence-electron chi connectivity index (χ1n) is 7.50. The van der Waals surface area contributed by atoms with Crippen LogP contribution >= 0.6 is 0 Å². The predicted octanol–water partition coefficient (Wildman–Crippen LogP) is 2.43. The SMILES string of the molecule is C[C@H](N)c1ccnc(N2CCN(c3ccccc3)CC2)c1. The summed E-state index contributed by atoms with van der Waals surface area (Å²) >= 11 is 0. The van der Waals surface area contributed by atoms with E-state index in [1.165, 1.54) is 5.69 Å². The van der Waals surface area contributed by atoms with Crippen LogP contribution in [-0.2, 0) is 0 Å². The number of benzene rings is 1. The van der Waals surface area contributed by atoms with Gasteiger partial charge in [0.05, 0.1) is 0 Å². The molecule has 0 amide bonds. The average Bonchev–Trinajstić information content (AvgIpc) is 2.56. The van der Waals surface area contributed by atoms with E-state index in [1.54, 1.807) is 0 Å². The van der Waals surface area contributed by atoms with E-state index in [2.05, 4.69) is 51.2 Å². The smallest absolute Gasteiger partial charge is 0.128 e. The zero-order valence-electron chi connectivity index (χ0n) is 12.4. The third-order valence-corrected chi connectivity index (χ3v) is 4.02. The molecule has 1 aliphatic rings. The highest BCUT2D eigenvalue weighted by Gasteiger charge is 2.18. The summed E-state index contributed by atoms with van der Waals surface area (Å²) in [4.78, 5) is 9.26. The Morgan fingerprint density at radius 1 is 1.00 bits per heavy atom. The number of hydrogen-bond donors (Lipinski definition) is 1. The fourth-order valence-corrected chi connectivity index (χ4v) is 2.72. The molecule has 4 heteroatoms. The van der Waals surface area contributed by atoms with Gasteiger partial charge in [-0.25, -0.2) is 4.98 Å². The van der Waals surface area contributed by atoms with Crippen LogP contribution in [-0.4, -0.2) is 31.2 Å². The van der Waals surface area contributed by atoms with Gasteiger partial charge in [-0.05, 0) is 36.8 Å².